The van der Waals surface area contributed by atoms with Gasteiger partial charge in [-0.2, -0.15) is 0 Å². The third-order valence-electron chi connectivity index (χ3n) is 6.46. The summed E-state index contributed by atoms with van der Waals surface area (Å²) in [5.74, 6) is 3.90. The number of aryl methyl sites for hydroxylation is 3. The lowest BCUT2D eigenvalue weighted by Gasteiger charge is -2.27. The van der Waals surface area contributed by atoms with Gasteiger partial charge >= 0.3 is 0 Å². The average Bonchev–Trinajstić information content (AvgIpc) is 3.36. The van der Waals surface area contributed by atoms with E-state index in [0.717, 1.165) is 73.8 Å². The summed E-state index contributed by atoms with van der Waals surface area (Å²) in [7, 11) is 1.68. The van der Waals surface area contributed by atoms with Crippen molar-refractivity contribution in [1.82, 2.24) is 20.1 Å². The van der Waals surface area contributed by atoms with Crippen LogP contribution in [0, 0.1) is 20.8 Å². The van der Waals surface area contributed by atoms with E-state index in [1.807, 2.05) is 45.0 Å². The number of H-pyrrole nitrogens is 1. The van der Waals surface area contributed by atoms with Crippen molar-refractivity contribution in [2.75, 3.05) is 19.0 Å². The number of fused-ring (bicyclic) bond motifs is 4. The van der Waals surface area contributed by atoms with Crippen molar-refractivity contribution < 1.29 is 14.0 Å². The molecule has 3 aromatic heterocycles. The molecule has 2 N–H and O–H groups in total. The molecule has 0 fully saturated rings. The second kappa shape index (κ2) is 7.76. The number of methoxy groups -OCH3 is 1. The van der Waals surface area contributed by atoms with E-state index in [0.29, 0.717) is 12.4 Å². The number of aromatic nitrogens is 4. The van der Waals surface area contributed by atoms with Gasteiger partial charge in [-0.1, -0.05) is 23.4 Å². The molecule has 1 aliphatic rings. The van der Waals surface area contributed by atoms with Crippen LogP contribution in [0.4, 0.5) is 5.82 Å². The lowest BCUT2D eigenvalue weighted by Crippen LogP contribution is -2.21. The van der Waals surface area contributed by atoms with Gasteiger partial charge in [-0.25, -0.2) is 9.97 Å². The maximum Gasteiger partial charge on any atom is 0.144 e. The van der Waals surface area contributed by atoms with Gasteiger partial charge in [0.2, 0.25) is 0 Å². The second-order valence-electron chi connectivity index (χ2n) is 8.64. The van der Waals surface area contributed by atoms with Gasteiger partial charge in [0.1, 0.15) is 34.5 Å². The third kappa shape index (κ3) is 3.17. The summed E-state index contributed by atoms with van der Waals surface area (Å²) in [5, 5.41) is 9.73. The number of nitrogens with zero attached hydrogens (tertiary/aromatic N) is 3. The summed E-state index contributed by atoms with van der Waals surface area (Å²) in [4.78, 5) is 13.0. The topological polar surface area (TPSA) is 98.1 Å². The summed E-state index contributed by atoms with van der Waals surface area (Å²) in [6.45, 7) is 6.41. The number of hydrogen-bond acceptors (Lipinski definition) is 7. The maximum atomic E-state index is 5.85. The molecule has 0 bridgehead atoms. The van der Waals surface area contributed by atoms with Crippen LogP contribution >= 0.6 is 0 Å². The number of ether oxygens (including phenoxy) is 2. The maximum absolute atomic E-state index is 5.85. The zero-order valence-corrected chi connectivity index (χ0v) is 19.5. The highest BCUT2D eigenvalue weighted by atomic mass is 16.5. The third-order valence-corrected chi connectivity index (χ3v) is 6.46. The smallest absolute Gasteiger partial charge is 0.144 e. The number of nitrogens with one attached hydrogen (secondary N) is 2. The molecule has 1 atom stereocenters. The molecule has 0 saturated carbocycles. The van der Waals surface area contributed by atoms with Crippen molar-refractivity contribution >= 4 is 27.8 Å². The fourth-order valence-electron chi connectivity index (χ4n) is 4.93. The van der Waals surface area contributed by atoms with Crippen LogP contribution in [0.25, 0.3) is 33.1 Å². The van der Waals surface area contributed by atoms with Gasteiger partial charge in [0.25, 0.3) is 0 Å². The molecule has 0 amide bonds. The molecule has 2 aromatic carbocycles. The fourth-order valence-corrected chi connectivity index (χ4v) is 4.93. The average molecular weight is 456 g/mol. The van der Waals surface area contributed by atoms with Crippen molar-refractivity contribution in [3.8, 4) is 22.6 Å². The molecule has 0 spiro atoms. The van der Waals surface area contributed by atoms with E-state index in [9.17, 15) is 0 Å². The van der Waals surface area contributed by atoms with Crippen molar-refractivity contribution in [3.63, 3.8) is 0 Å². The number of anilines is 1. The van der Waals surface area contributed by atoms with E-state index in [1.54, 1.807) is 7.11 Å². The summed E-state index contributed by atoms with van der Waals surface area (Å²) < 4.78 is 17.1. The first kappa shape index (κ1) is 20.5. The number of para-hydroxylation sites is 1. The Balaban J connectivity index is 1.53. The molecule has 0 saturated heterocycles. The van der Waals surface area contributed by atoms with Crippen LogP contribution in [-0.4, -0.2) is 33.8 Å². The van der Waals surface area contributed by atoms with Gasteiger partial charge in [0.05, 0.1) is 36.4 Å². The Morgan fingerprint density at radius 2 is 1.97 bits per heavy atom. The molecule has 0 aliphatic carbocycles. The SMILES string of the molecule is COc1cc2c(cc1-c1c(C)noc1C)[nH]c1nc(C)nc(NC3CCOc4ccccc43)c12. The Morgan fingerprint density at radius 3 is 2.76 bits per heavy atom. The van der Waals surface area contributed by atoms with Crippen LogP contribution in [-0.2, 0) is 0 Å². The normalized spacial score (nSPS) is 15.4. The van der Waals surface area contributed by atoms with Crippen LogP contribution in [0.3, 0.4) is 0 Å². The minimum atomic E-state index is 0.0934. The molecule has 34 heavy (non-hydrogen) atoms. The van der Waals surface area contributed by atoms with E-state index in [-0.39, 0.29) is 6.04 Å². The minimum Gasteiger partial charge on any atom is -0.496 e. The molecule has 172 valence electrons. The fraction of sp³-hybridized carbons (Fsp3) is 0.269. The van der Waals surface area contributed by atoms with E-state index in [2.05, 4.69) is 27.6 Å². The monoisotopic (exact) mass is 455 g/mol. The van der Waals surface area contributed by atoms with E-state index >= 15 is 0 Å². The number of benzene rings is 2. The zero-order chi connectivity index (χ0) is 23.4. The Morgan fingerprint density at radius 1 is 1.12 bits per heavy atom. The minimum absolute atomic E-state index is 0.0934. The highest BCUT2D eigenvalue weighted by molar-refractivity contribution is 6.12. The van der Waals surface area contributed by atoms with Gasteiger partial charge in [-0.3, -0.25) is 0 Å². The molecule has 1 unspecified atom stereocenters. The molecule has 4 heterocycles. The van der Waals surface area contributed by atoms with Crippen molar-refractivity contribution in [2.45, 2.75) is 33.2 Å². The molecule has 8 heteroatoms. The Bertz CT molecular complexity index is 1530. The van der Waals surface area contributed by atoms with Crippen molar-refractivity contribution in [2.24, 2.45) is 0 Å². The molecular formula is C26H25N5O3. The molecular weight excluding hydrogens is 430 g/mol. The number of rotatable bonds is 4. The number of hydrogen-bond donors (Lipinski definition) is 2. The van der Waals surface area contributed by atoms with Crippen molar-refractivity contribution in [3.05, 3.63) is 59.2 Å². The molecule has 5 aromatic rings. The Labute approximate surface area is 196 Å². The lowest BCUT2D eigenvalue weighted by atomic mass is 9.99. The first-order valence-electron chi connectivity index (χ1n) is 11.3. The largest absolute Gasteiger partial charge is 0.496 e. The van der Waals surface area contributed by atoms with Crippen LogP contribution < -0.4 is 14.8 Å². The molecule has 0 radical (unpaired) electrons. The van der Waals surface area contributed by atoms with E-state index < -0.39 is 0 Å². The summed E-state index contributed by atoms with van der Waals surface area (Å²) >= 11 is 0. The zero-order valence-electron chi connectivity index (χ0n) is 19.5. The van der Waals surface area contributed by atoms with Gasteiger partial charge in [0, 0.05) is 28.5 Å². The van der Waals surface area contributed by atoms with E-state index in [4.69, 9.17) is 24.0 Å². The Hall–Kier alpha value is -4.07. The predicted molar refractivity (Wildman–Crippen MR) is 131 cm³/mol. The second-order valence-corrected chi connectivity index (χ2v) is 8.64. The van der Waals surface area contributed by atoms with Crippen molar-refractivity contribution in [1.29, 1.82) is 0 Å². The molecule has 6 rings (SSSR count). The van der Waals surface area contributed by atoms with Crippen LogP contribution in [0.5, 0.6) is 11.5 Å². The first-order chi connectivity index (χ1) is 16.5. The molecule has 1 aliphatic heterocycles. The highest BCUT2D eigenvalue weighted by Gasteiger charge is 2.24. The standard InChI is InChI=1S/C26H25N5O3/c1-13-23(14(2)34-31-13)18-11-20-17(12-22(18)32-4)24-25(27-15(3)28-26(24)30-20)29-19-9-10-33-21-8-6-5-7-16(19)21/h5-8,11-12,19H,9-10H2,1-4H3,(H2,27,28,29,30). The van der Waals surface area contributed by atoms with Gasteiger partial charge in [-0.15, -0.1) is 0 Å². The summed E-state index contributed by atoms with van der Waals surface area (Å²) in [5.41, 5.74) is 5.55. The quantitative estimate of drug-likeness (QED) is 0.362. The van der Waals surface area contributed by atoms with Gasteiger partial charge < -0.3 is 24.3 Å². The number of aromatic amines is 1. The Kier molecular flexibility index (Phi) is 4.69. The first-order valence-corrected chi connectivity index (χ1v) is 11.3. The van der Waals surface area contributed by atoms with E-state index in [1.165, 1.54) is 0 Å². The van der Waals surface area contributed by atoms with Gasteiger partial charge in [-0.05, 0) is 39.0 Å². The van der Waals surface area contributed by atoms with Crippen LogP contribution in [0.15, 0.2) is 40.9 Å². The van der Waals surface area contributed by atoms with Crippen LogP contribution in [0.1, 0.15) is 35.3 Å². The van der Waals surface area contributed by atoms with Crippen LogP contribution in [0.2, 0.25) is 0 Å². The lowest BCUT2D eigenvalue weighted by molar-refractivity contribution is 0.274. The van der Waals surface area contributed by atoms with Gasteiger partial charge in [0.15, 0.2) is 0 Å². The highest BCUT2D eigenvalue weighted by Crippen LogP contribution is 2.42. The predicted octanol–water partition coefficient (Wildman–Crippen LogP) is 5.64. The molecule has 8 nitrogen and oxygen atoms in total. The summed E-state index contributed by atoms with van der Waals surface area (Å²) in [6.07, 6.45) is 0.851. The summed E-state index contributed by atoms with van der Waals surface area (Å²) in [6, 6.07) is 12.4.